The number of hydrogen-bond donors (Lipinski definition) is 0. The van der Waals surface area contributed by atoms with Gasteiger partial charge in [0, 0.05) is 0 Å². The summed E-state index contributed by atoms with van der Waals surface area (Å²) in [4.78, 5) is 25.9. The van der Waals surface area contributed by atoms with Crippen LogP contribution in [0.2, 0.25) is 0 Å². The van der Waals surface area contributed by atoms with E-state index in [0.717, 1.165) is 23.4 Å². The second-order valence-electron chi connectivity index (χ2n) is 8.03. The van der Waals surface area contributed by atoms with Crippen LogP contribution in [0.5, 0.6) is 11.5 Å². The SMILES string of the molecule is CCOc1ccc(/C=N\N2C(=O)[C@@H]3[C@H](C2=O)[C@H]2C=C[C@H]3C23CC3)cc1OCC. The molecule has 6 heteroatoms. The smallest absolute Gasteiger partial charge is 0.254 e. The van der Waals surface area contributed by atoms with Crippen LogP contribution < -0.4 is 9.47 Å². The molecule has 4 atom stereocenters. The molecule has 146 valence electrons. The molecule has 3 fully saturated rings. The lowest BCUT2D eigenvalue weighted by molar-refractivity contribution is -0.141. The molecule has 1 heterocycles. The van der Waals surface area contributed by atoms with Crippen LogP contribution in [0.1, 0.15) is 32.3 Å². The van der Waals surface area contributed by atoms with Crippen molar-refractivity contribution >= 4 is 18.0 Å². The number of hydrogen-bond acceptors (Lipinski definition) is 5. The molecule has 6 nitrogen and oxygen atoms in total. The van der Waals surface area contributed by atoms with Crippen molar-refractivity contribution in [1.29, 1.82) is 0 Å². The molecule has 1 aromatic carbocycles. The normalized spacial score (nSPS) is 31.3. The highest BCUT2D eigenvalue weighted by atomic mass is 16.5. The maximum atomic E-state index is 12.9. The molecule has 0 unspecified atom stereocenters. The standard InChI is InChI=1S/C22H24N2O4/c1-3-27-16-8-5-13(11-17(16)28-4-2)12-23-24-20(25)18-14-6-7-15(19(18)21(24)26)22(14)9-10-22/h5-8,11-12,14-15,18-19H,3-4,9-10H2,1-2H3/b23-12-/t14-,15-,18-,19+/m1/s1. The fourth-order valence-corrected chi connectivity index (χ4v) is 5.45. The number of carbonyl (C=O) groups is 2. The fraction of sp³-hybridized carbons (Fsp3) is 0.500. The summed E-state index contributed by atoms with van der Waals surface area (Å²) >= 11 is 0. The quantitative estimate of drug-likeness (QED) is 0.432. The molecule has 0 radical (unpaired) electrons. The maximum absolute atomic E-state index is 12.9. The van der Waals surface area contributed by atoms with Gasteiger partial charge in [0.1, 0.15) is 0 Å². The number of carbonyl (C=O) groups excluding carboxylic acids is 2. The van der Waals surface area contributed by atoms with Gasteiger partial charge in [0.25, 0.3) is 11.8 Å². The zero-order valence-corrected chi connectivity index (χ0v) is 16.1. The van der Waals surface area contributed by atoms with Gasteiger partial charge < -0.3 is 9.47 Å². The molecule has 2 bridgehead atoms. The lowest BCUT2D eigenvalue weighted by Gasteiger charge is -2.18. The first-order valence-corrected chi connectivity index (χ1v) is 10.1. The minimum atomic E-state index is -0.221. The van der Waals surface area contributed by atoms with Crippen LogP contribution in [0.4, 0.5) is 0 Å². The lowest BCUT2D eigenvalue weighted by Crippen LogP contribution is -2.30. The van der Waals surface area contributed by atoms with Crippen molar-refractivity contribution in [1.82, 2.24) is 5.01 Å². The number of ether oxygens (including phenoxy) is 2. The van der Waals surface area contributed by atoms with E-state index in [1.165, 1.54) is 0 Å². The predicted octanol–water partition coefficient (Wildman–Crippen LogP) is 3.02. The van der Waals surface area contributed by atoms with E-state index in [1.54, 1.807) is 6.21 Å². The summed E-state index contributed by atoms with van der Waals surface area (Å²) in [6, 6.07) is 5.47. The molecule has 0 N–H and O–H groups in total. The minimum Gasteiger partial charge on any atom is -0.490 e. The Balaban J connectivity index is 1.37. The van der Waals surface area contributed by atoms with Crippen LogP contribution in [0.3, 0.4) is 0 Å². The van der Waals surface area contributed by atoms with Gasteiger partial charge in [-0.2, -0.15) is 10.1 Å². The second kappa shape index (κ2) is 6.19. The number of imide groups is 1. The van der Waals surface area contributed by atoms with Crippen LogP contribution in [-0.4, -0.2) is 36.3 Å². The van der Waals surface area contributed by atoms with Gasteiger partial charge in [0.15, 0.2) is 11.5 Å². The summed E-state index contributed by atoms with van der Waals surface area (Å²) in [6.07, 6.45) is 8.16. The average Bonchev–Trinajstić information content (AvgIpc) is 3.29. The minimum absolute atomic E-state index is 0.148. The number of nitrogens with zero attached hydrogens (tertiary/aromatic N) is 2. The van der Waals surface area contributed by atoms with Crippen molar-refractivity contribution in [2.75, 3.05) is 13.2 Å². The van der Waals surface area contributed by atoms with E-state index >= 15 is 0 Å². The van der Waals surface area contributed by atoms with Gasteiger partial charge in [-0.25, -0.2) is 0 Å². The maximum Gasteiger partial charge on any atom is 0.254 e. The number of allylic oxidation sites excluding steroid dienone is 2. The number of fused-ring (bicyclic) bond motifs is 3. The van der Waals surface area contributed by atoms with E-state index in [4.69, 9.17) is 9.47 Å². The summed E-state index contributed by atoms with van der Waals surface area (Å²) in [5, 5.41) is 5.36. The van der Waals surface area contributed by atoms with Crippen LogP contribution in [0.15, 0.2) is 35.5 Å². The Bertz CT molecular complexity index is 868. The Morgan fingerprint density at radius 2 is 1.64 bits per heavy atom. The average molecular weight is 380 g/mol. The fourth-order valence-electron chi connectivity index (χ4n) is 5.45. The van der Waals surface area contributed by atoms with E-state index in [-0.39, 0.29) is 40.9 Å². The monoisotopic (exact) mass is 380 g/mol. The van der Waals surface area contributed by atoms with Gasteiger partial charge in [-0.15, -0.1) is 0 Å². The van der Waals surface area contributed by atoms with Gasteiger partial charge in [-0.3, -0.25) is 9.59 Å². The van der Waals surface area contributed by atoms with Gasteiger partial charge in [0.05, 0.1) is 31.3 Å². The number of benzene rings is 1. The molecule has 3 aliphatic carbocycles. The molecule has 1 aliphatic heterocycles. The third-order valence-corrected chi connectivity index (χ3v) is 6.72. The van der Waals surface area contributed by atoms with Gasteiger partial charge in [-0.1, -0.05) is 12.2 Å². The van der Waals surface area contributed by atoms with Crippen molar-refractivity contribution in [2.45, 2.75) is 26.7 Å². The Labute approximate surface area is 164 Å². The van der Waals surface area contributed by atoms with Gasteiger partial charge in [-0.05, 0) is 67.7 Å². The summed E-state index contributed by atoms with van der Waals surface area (Å²) in [5.74, 6) is 0.992. The molecule has 1 spiro atoms. The third-order valence-electron chi connectivity index (χ3n) is 6.72. The van der Waals surface area contributed by atoms with E-state index in [2.05, 4.69) is 17.3 Å². The summed E-state index contributed by atoms with van der Waals surface area (Å²) in [6.45, 7) is 4.89. The molecule has 4 aliphatic rings. The number of hydrazone groups is 1. The van der Waals surface area contributed by atoms with Crippen molar-refractivity contribution < 1.29 is 19.1 Å². The summed E-state index contributed by atoms with van der Waals surface area (Å²) < 4.78 is 11.2. The molecule has 5 rings (SSSR count). The molecule has 2 saturated carbocycles. The number of amides is 2. The van der Waals surface area contributed by atoms with Gasteiger partial charge in [0.2, 0.25) is 0 Å². The zero-order chi connectivity index (χ0) is 19.5. The first-order valence-electron chi connectivity index (χ1n) is 10.1. The van der Waals surface area contributed by atoms with Crippen molar-refractivity contribution in [3.8, 4) is 11.5 Å². The van der Waals surface area contributed by atoms with Crippen LogP contribution in [0.25, 0.3) is 0 Å². The topological polar surface area (TPSA) is 68.2 Å². The van der Waals surface area contributed by atoms with Crippen molar-refractivity contribution in [2.24, 2.45) is 34.2 Å². The Hall–Kier alpha value is -2.63. The van der Waals surface area contributed by atoms with Crippen LogP contribution in [-0.2, 0) is 9.59 Å². The summed E-state index contributed by atoms with van der Waals surface area (Å²) in [7, 11) is 0. The van der Waals surface area contributed by atoms with E-state index in [0.29, 0.717) is 24.7 Å². The highest BCUT2D eigenvalue weighted by Gasteiger charge is 2.73. The summed E-state index contributed by atoms with van der Waals surface area (Å²) in [5.41, 5.74) is 0.960. The molecule has 1 aromatic rings. The van der Waals surface area contributed by atoms with E-state index < -0.39 is 0 Å². The highest BCUT2D eigenvalue weighted by molar-refractivity contribution is 6.07. The van der Waals surface area contributed by atoms with Crippen molar-refractivity contribution in [3.63, 3.8) is 0 Å². The molecule has 1 saturated heterocycles. The largest absolute Gasteiger partial charge is 0.490 e. The molecule has 0 aromatic heterocycles. The number of rotatable bonds is 6. The predicted molar refractivity (Wildman–Crippen MR) is 103 cm³/mol. The van der Waals surface area contributed by atoms with Crippen LogP contribution in [0, 0.1) is 29.1 Å². The molecule has 28 heavy (non-hydrogen) atoms. The molecular formula is C22H24N2O4. The van der Waals surface area contributed by atoms with Crippen LogP contribution >= 0.6 is 0 Å². The Morgan fingerprint density at radius 1 is 1.04 bits per heavy atom. The van der Waals surface area contributed by atoms with E-state index in [9.17, 15) is 9.59 Å². The first-order chi connectivity index (χ1) is 13.6. The molecule has 2 amide bonds. The van der Waals surface area contributed by atoms with Crippen molar-refractivity contribution in [3.05, 3.63) is 35.9 Å². The molecular weight excluding hydrogens is 356 g/mol. The first kappa shape index (κ1) is 17.5. The Morgan fingerprint density at radius 3 is 2.21 bits per heavy atom. The second-order valence-corrected chi connectivity index (χ2v) is 8.03. The van der Waals surface area contributed by atoms with E-state index in [1.807, 2.05) is 32.0 Å². The van der Waals surface area contributed by atoms with Gasteiger partial charge >= 0.3 is 0 Å². The zero-order valence-electron chi connectivity index (χ0n) is 16.1. The third kappa shape index (κ3) is 2.30. The highest BCUT2D eigenvalue weighted by Crippen LogP contribution is 2.73. The lowest BCUT2D eigenvalue weighted by atomic mass is 9.85. The Kier molecular flexibility index (Phi) is 3.86.